The monoisotopic (exact) mass is 316 g/mol. The summed E-state index contributed by atoms with van der Waals surface area (Å²) in [5.41, 5.74) is 0.836. The Hall–Kier alpha value is -2.34. The molecule has 1 aliphatic heterocycles. The van der Waals surface area contributed by atoms with E-state index in [9.17, 15) is 9.90 Å². The maximum atomic E-state index is 11.5. The summed E-state index contributed by atoms with van der Waals surface area (Å²) in [6.07, 6.45) is 0.291. The number of likely N-dealkylation sites (tertiary alicyclic amines) is 1. The molecule has 1 aromatic heterocycles. The molecule has 0 unspecified atom stereocenters. The van der Waals surface area contributed by atoms with Crippen molar-refractivity contribution in [1.82, 2.24) is 9.88 Å². The minimum Gasteiger partial charge on any atom is -0.489 e. The molecule has 1 fully saturated rings. The summed E-state index contributed by atoms with van der Waals surface area (Å²) < 4.78 is 11.5. The standard InChI is InChI=1S/C17H20N2O4/c1-11-12(2)22-16(18-11)10-19-9-14(8-15(19)17(20)21)23-13-6-4-3-5-7-13/h3-7,14-15H,8-10H2,1-2H3,(H,20,21)/t14-,15-/m0/s1. The normalized spacial score (nSPS) is 21.5. The van der Waals surface area contributed by atoms with E-state index >= 15 is 0 Å². The molecule has 0 aliphatic carbocycles. The Kier molecular flexibility index (Phi) is 4.34. The van der Waals surface area contributed by atoms with E-state index in [0.29, 0.717) is 25.4 Å². The van der Waals surface area contributed by atoms with Crippen molar-refractivity contribution in [3.63, 3.8) is 0 Å². The van der Waals surface area contributed by atoms with Gasteiger partial charge >= 0.3 is 5.97 Å². The van der Waals surface area contributed by atoms with Gasteiger partial charge in [-0.3, -0.25) is 9.69 Å². The number of aromatic nitrogens is 1. The van der Waals surface area contributed by atoms with E-state index in [4.69, 9.17) is 9.15 Å². The SMILES string of the molecule is Cc1nc(CN2C[C@@H](Oc3ccccc3)C[C@H]2C(=O)O)oc1C. The number of hydrogen-bond donors (Lipinski definition) is 1. The van der Waals surface area contributed by atoms with E-state index < -0.39 is 12.0 Å². The first-order valence-electron chi connectivity index (χ1n) is 7.64. The van der Waals surface area contributed by atoms with Crippen molar-refractivity contribution in [2.45, 2.75) is 39.0 Å². The van der Waals surface area contributed by atoms with Crippen molar-refractivity contribution >= 4 is 5.97 Å². The molecule has 2 heterocycles. The zero-order valence-electron chi connectivity index (χ0n) is 13.2. The first kappa shape index (κ1) is 15.6. The van der Waals surface area contributed by atoms with E-state index in [1.54, 1.807) is 0 Å². The lowest BCUT2D eigenvalue weighted by Gasteiger charge is -2.18. The summed E-state index contributed by atoms with van der Waals surface area (Å²) in [6, 6.07) is 8.88. The predicted molar refractivity (Wildman–Crippen MR) is 83.3 cm³/mol. The molecule has 6 heteroatoms. The molecule has 122 valence electrons. The second-order valence-electron chi connectivity index (χ2n) is 5.82. The summed E-state index contributed by atoms with van der Waals surface area (Å²) >= 11 is 0. The number of oxazole rings is 1. The number of rotatable bonds is 5. The van der Waals surface area contributed by atoms with Crippen molar-refractivity contribution in [3.05, 3.63) is 47.7 Å². The molecule has 0 bridgehead atoms. The summed E-state index contributed by atoms with van der Waals surface area (Å²) in [5.74, 6) is 1.23. The third kappa shape index (κ3) is 3.53. The number of carboxylic acid groups (broad SMARTS) is 1. The molecule has 1 aliphatic rings. The molecule has 0 saturated carbocycles. The molecule has 0 radical (unpaired) electrons. The molecular weight excluding hydrogens is 296 g/mol. The third-order valence-electron chi connectivity index (χ3n) is 4.11. The van der Waals surface area contributed by atoms with Crippen LogP contribution < -0.4 is 4.74 Å². The summed E-state index contributed by atoms with van der Waals surface area (Å²) in [7, 11) is 0. The van der Waals surface area contributed by atoms with Gasteiger partial charge in [0, 0.05) is 13.0 Å². The van der Waals surface area contributed by atoms with E-state index in [1.165, 1.54) is 0 Å². The highest BCUT2D eigenvalue weighted by Gasteiger charge is 2.38. The summed E-state index contributed by atoms with van der Waals surface area (Å²) in [6.45, 7) is 4.64. The van der Waals surface area contributed by atoms with Crippen molar-refractivity contribution < 1.29 is 19.1 Å². The average Bonchev–Trinajstić information content (AvgIpc) is 3.04. The number of aliphatic carboxylic acids is 1. The van der Waals surface area contributed by atoms with Crippen LogP contribution in [0.5, 0.6) is 5.75 Å². The first-order valence-corrected chi connectivity index (χ1v) is 7.64. The van der Waals surface area contributed by atoms with Crippen molar-refractivity contribution in [1.29, 1.82) is 0 Å². The van der Waals surface area contributed by atoms with Crippen LogP contribution in [0, 0.1) is 13.8 Å². The number of carboxylic acids is 1. The van der Waals surface area contributed by atoms with Gasteiger partial charge in [-0.05, 0) is 26.0 Å². The largest absolute Gasteiger partial charge is 0.489 e. The van der Waals surface area contributed by atoms with Crippen LogP contribution in [-0.2, 0) is 11.3 Å². The molecule has 2 atom stereocenters. The topological polar surface area (TPSA) is 75.8 Å². The third-order valence-corrected chi connectivity index (χ3v) is 4.11. The van der Waals surface area contributed by atoms with Gasteiger partial charge in [0.1, 0.15) is 23.7 Å². The lowest BCUT2D eigenvalue weighted by molar-refractivity contribution is -0.142. The minimum atomic E-state index is -0.843. The van der Waals surface area contributed by atoms with Gasteiger partial charge < -0.3 is 14.3 Å². The Morgan fingerprint density at radius 1 is 1.39 bits per heavy atom. The van der Waals surface area contributed by atoms with Crippen LogP contribution in [0.1, 0.15) is 23.8 Å². The fraction of sp³-hybridized carbons (Fsp3) is 0.412. The first-order chi connectivity index (χ1) is 11.0. The smallest absolute Gasteiger partial charge is 0.321 e. The van der Waals surface area contributed by atoms with Crippen LogP contribution in [0.2, 0.25) is 0 Å². The van der Waals surface area contributed by atoms with Crippen LogP contribution in [0.3, 0.4) is 0 Å². The van der Waals surface area contributed by atoms with Crippen LogP contribution in [0.25, 0.3) is 0 Å². The van der Waals surface area contributed by atoms with Crippen LogP contribution in [-0.4, -0.2) is 39.7 Å². The summed E-state index contributed by atoms with van der Waals surface area (Å²) in [4.78, 5) is 17.7. The molecule has 0 spiro atoms. The van der Waals surface area contributed by atoms with Gasteiger partial charge in [0.2, 0.25) is 5.89 Å². The molecule has 6 nitrogen and oxygen atoms in total. The number of para-hydroxylation sites is 1. The maximum absolute atomic E-state index is 11.5. The second kappa shape index (κ2) is 6.42. The predicted octanol–water partition coefficient (Wildman–Crippen LogP) is 2.40. The van der Waals surface area contributed by atoms with Gasteiger partial charge in [-0.1, -0.05) is 18.2 Å². The number of aryl methyl sites for hydroxylation is 2. The highest BCUT2D eigenvalue weighted by Crippen LogP contribution is 2.25. The van der Waals surface area contributed by atoms with Crippen LogP contribution >= 0.6 is 0 Å². The highest BCUT2D eigenvalue weighted by atomic mass is 16.5. The number of ether oxygens (including phenoxy) is 1. The molecule has 1 aromatic carbocycles. The second-order valence-corrected chi connectivity index (χ2v) is 5.82. The van der Waals surface area contributed by atoms with Gasteiger partial charge in [-0.15, -0.1) is 0 Å². The van der Waals surface area contributed by atoms with Gasteiger partial charge in [0.05, 0.1) is 12.2 Å². The fourth-order valence-electron chi connectivity index (χ4n) is 2.85. The van der Waals surface area contributed by atoms with Gasteiger partial charge in [0.25, 0.3) is 0 Å². The Bertz CT molecular complexity index is 664. The van der Waals surface area contributed by atoms with Crippen molar-refractivity contribution in [2.75, 3.05) is 6.54 Å². The Labute approximate surface area is 134 Å². The van der Waals surface area contributed by atoms with Crippen molar-refractivity contribution in [3.8, 4) is 5.75 Å². The number of hydrogen-bond acceptors (Lipinski definition) is 5. The van der Waals surface area contributed by atoms with Crippen LogP contribution in [0.15, 0.2) is 34.7 Å². The summed E-state index contributed by atoms with van der Waals surface area (Å²) in [5, 5.41) is 9.46. The Morgan fingerprint density at radius 3 is 2.74 bits per heavy atom. The number of carbonyl (C=O) groups is 1. The maximum Gasteiger partial charge on any atom is 0.321 e. The molecular formula is C17H20N2O4. The average molecular weight is 316 g/mol. The molecule has 23 heavy (non-hydrogen) atoms. The zero-order chi connectivity index (χ0) is 16.4. The van der Waals surface area contributed by atoms with Crippen LogP contribution in [0.4, 0.5) is 0 Å². The van der Waals surface area contributed by atoms with Crippen molar-refractivity contribution in [2.24, 2.45) is 0 Å². The van der Waals surface area contributed by atoms with E-state index in [2.05, 4.69) is 4.98 Å². The van der Waals surface area contributed by atoms with E-state index in [0.717, 1.165) is 17.2 Å². The van der Waals surface area contributed by atoms with E-state index in [1.807, 2.05) is 49.1 Å². The Balaban J connectivity index is 1.69. The molecule has 3 rings (SSSR count). The van der Waals surface area contributed by atoms with Gasteiger partial charge in [-0.2, -0.15) is 0 Å². The lowest BCUT2D eigenvalue weighted by Crippen LogP contribution is -2.35. The number of nitrogens with zero attached hydrogens (tertiary/aromatic N) is 2. The zero-order valence-corrected chi connectivity index (χ0v) is 13.2. The minimum absolute atomic E-state index is 0.157. The lowest BCUT2D eigenvalue weighted by atomic mass is 10.2. The Morgan fingerprint density at radius 2 is 2.13 bits per heavy atom. The number of benzene rings is 1. The molecule has 1 N–H and O–H groups in total. The van der Waals surface area contributed by atoms with Gasteiger partial charge in [0.15, 0.2) is 0 Å². The molecule has 0 amide bonds. The van der Waals surface area contributed by atoms with Gasteiger partial charge in [-0.25, -0.2) is 4.98 Å². The fourth-order valence-corrected chi connectivity index (χ4v) is 2.85. The quantitative estimate of drug-likeness (QED) is 0.913. The molecule has 1 saturated heterocycles. The highest BCUT2D eigenvalue weighted by molar-refractivity contribution is 5.74. The van der Waals surface area contributed by atoms with E-state index in [-0.39, 0.29) is 6.10 Å². The molecule has 2 aromatic rings.